The molecule has 3 heterocycles. The van der Waals surface area contributed by atoms with Crippen molar-refractivity contribution in [2.75, 3.05) is 13.7 Å². The van der Waals surface area contributed by atoms with Crippen LogP contribution in [0.2, 0.25) is 0 Å². The molecule has 1 aliphatic heterocycles. The zero-order chi connectivity index (χ0) is 15.6. The number of ether oxygens (including phenoxy) is 2. The Morgan fingerprint density at radius 2 is 2.04 bits per heavy atom. The second kappa shape index (κ2) is 6.16. The molecule has 5 nitrogen and oxygen atoms in total. The molecule has 120 valence electrons. The Morgan fingerprint density at radius 1 is 1.13 bits per heavy atom. The summed E-state index contributed by atoms with van der Waals surface area (Å²) in [5.74, 6) is 2.04. The number of fused-ring (bicyclic) bond motifs is 2. The van der Waals surface area contributed by atoms with Crippen molar-refractivity contribution in [3.05, 3.63) is 48.3 Å². The SMILES string of the molecule is COc1ncccc1CN1CC2CCC1C2Oc1ccccn1. The van der Waals surface area contributed by atoms with Crippen LogP contribution in [-0.4, -0.2) is 40.7 Å². The smallest absolute Gasteiger partial charge is 0.217 e. The van der Waals surface area contributed by atoms with E-state index in [9.17, 15) is 0 Å². The minimum Gasteiger partial charge on any atom is -0.481 e. The second-order valence-electron chi connectivity index (χ2n) is 6.26. The van der Waals surface area contributed by atoms with Gasteiger partial charge in [0, 0.05) is 49.1 Å². The van der Waals surface area contributed by atoms with Crippen molar-refractivity contribution in [3.8, 4) is 11.8 Å². The number of hydrogen-bond donors (Lipinski definition) is 0. The van der Waals surface area contributed by atoms with Crippen LogP contribution in [0.25, 0.3) is 0 Å². The average Bonchev–Trinajstić information content (AvgIpc) is 3.13. The van der Waals surface area contributed by atoms with Crippen molar-refractivity contribution < 1.29 is 9.47 Å². The van der Waals surface area contributed by atoms with Crippen molar-refractivity contribution >= 4 is 0 Å². The number of pyridine rings is 2. The van der Waals surface area contributed by atoms with Gasteiger partial charge in [-0.2, -0.15) is 0 Å². The van der Waals surface area contributed by atoms with Crippen LogP contribution in [0.5, 0.6) is 11.8 Å². The van der Waals surface area contributed by atoms with E-state index in [4.69, 9.17) is 9.47 Å². The molecule has 1 saturated carbocycles. The van der Waals surface area contributed by atoms with Crippen LogP contribution >= 0.6 is 0 Å². The van der Waals surface area contributed by atoms with E-state index in [2.05, 4.69) is 20.9 Å². The molecule has 4 rings (SSSR count). The Labute approximate surface area is 136 Å². The van der Waals surface area contributed by atoms with Crippen LogP contribution in [0.4, 0.5) is 0 Å². The quantitative estimate of drug-likeness (QED) is 0.849. The summed E-state index contributed by atoms with van der Waals surface area (Å²) in [5, 5.41) is 0. The molecule has 23 heavy (non-hydrogen) atoms. The molecule has 2 fully saturated rings. The Balaban J connectivity index is 1.48. The van der Waals surface area contributed by atoms with Gasteiger partial charge in [-0.15, -0.1) is 0 Å². The van der Waals surface area contributed by atoms with Gasteiger partial charge in [-0.1, -0.05) is 12.1 Å². The van der Waals surface area contributed by atoms with Crippen LogP contribution in [0, 0.1) is 5.92 Å². The number of hydrogen-bond acceptors (Lipinski definition) is 5. The monoisotopic (exact) mass is 311 g/mol. The summed E-state index contributed by atoms with van der Waals surface area (Å²) in [4.78, 5) is 11.1. The number of piperidine rings is 1. The zero-order valence-corrected chi connectivity index (χ0v) is 13.3. The lowest BCUT2D eigenvalue weighted by atomic mass is 10.1. The third-order valence-electron chi connectivity index (χ3n) is 4.93. The van der Waals surface area contributed by atoms with Crippen LogP contribution < -0.4 is 9.47 Å². The Kier molecular flexibility index (Phi) is 3.87. The first-order valence-electron chi connectivity index (χ1n) is 8.15. The Morgan fingerprint density at radius 3 is 2.87 bits per heavy atom. The fourth-order valence-corrected chi connectivity index (χ4v) is 3.91. The van der Waals surface area contributed by atoms with E-state index in [1.807, 2.05) is 24.3 Å². The molecular formula is C18H21N3O2. The number of methoxy groups -OCH3 is 1. The van der Waals surface area contributed by atoms with Gasteiger partial charge in [-0.25, -0.2) is 9.97 Å². The number of nitrogens with zero attached hydrogens (tertiary/aromatic N) is 3. The summed E-state index contributed by atoms with van der Waals surface area (Å²) in [6, 6.07) is 10.3. The topological polar surface area (TPSA) is 47.5 Å². The largest absolute Gasteiger partial charge is 0.481 e. The lowest BCUT2D eigenvalue weighted by Crippen LogP contribution is -2.36. The molecule has 3 atom stereocenters. The van der Waals surface area contributed by atoms with Crippen molar-refractivity contribution in [3.63, 3.8) is 0 Å². The number of likely N-dealkylation sites (tertiary alicyclic amines) is 1. The highest BCUT2D eigenvalue weighted by Gasteiger charge is 2.48. The van der Waals surface area contributed by atoms with Crippen LogP contribution in [0.15, 0.2) is 42.7 Å². The van der Waals surface area contributed by atoms with Gasteiger partial charge in [0.2, 0.25) is 11.8 Å². The lowest BCUT2D eigenvalue weighted by molar-refractivity contribution is 0.136. The van der Waals surface area contributed by atoms with Gasteiger partial charge < -0.3 is 9.47 Å². The molecule has 5 heteroatoms. The maximum atomic E-state index is 6.19. The first kappa shape index (κ1) is 14.5. The molecule has 2 aromatic heterocycles. The van der Waals surface area contributed by atoms with Gasteiger partial charge in [0.15, 0.2) is 0 Å². The van der Waals surface area contributed by atoms with E-state index in [-0.39, 0.29) is 6.10 Å². The van der Waals surface area contributed by atoms with E-state index in [0.29, 0.717) is 12.0 Å². The predicted molar refractivity (Wildman–Crippen MR) is 86.4 cm³/mol. The van der Waals surface area contributed by atoms with Crippen LogP contribution in [0.3, 0.4) is 0 Å². The molecule has 0 amide bonds. The number of aromatic nitrogens is 2. The highest BCUT2D eigenvalue weighted by Crippen LogP contribution is 2.41. The molecular weight excluding hydrogens is 290 g/mol. The van der Waals surface area contributed by atoms with Gasteiger partial charge >= 0.3 is 0 Å². The predicted octanol–water partition coefficient (Wildman–Crippen LogP) is 2.53. The van der Waals surface area contributed by atoms with Crippen LogP contribution in [-0.2, 0) is 6.54 Å². The summed E-state index contributed by atoms with van der Waals surface area (Å²) in [5.41, 5.74) is 1.14. The Hall–Kier alpha value is -2.14. The van der Waals surface area contributed by atoms with Crippen molar-refractivity contribution in [2.45, 2.75) is 31.5 Å². The summed E-state index contributed by atoms with van der Waals surface area (Å²) in [6.07, 6.45) is 6.22. The minimum absolute atomic E-state index is 0.243. The van der Waals surface area contributed by atoms with E-state index >= 15 is 0 Å². The minimum atomic E-state index is 0.243. The van der Waals surface area contributed by atoms with Gasteiger partial charge in [0.1, 0.15) is 6.10 Å². The summed E-state index contributed by atoms with van der Waals surface area (Å²) in [6.45, 7) is 1.93. The first-order valence-corrected chi connectivity index (χ1v) is 8.15. The molecule has 1 aliphatic carbocycles. The third kappa shape index (κ3) is 2.77. The van der Waals surface area contributed by atoms with E-state index in [0.717, 1.165) is 30.4 Å². The average molecular weight is 311 g/mol. The Bertz CT molecular complexity index is 664. The van der Waals surface area contributed by atoms with Crippen molar-refractivity contribution in [1.29, 1.82) is 0 Å². The molecule has 2 aliphatic rings. The normalized spacial score (nSPS) is 26.4. The maximum absolute atomic E-state index is 6.19. The van der Waals surface area contributed by atoms with E-state index < -0.39 is 0 Å². The number of rotatable bonds is 5. The summed E-state index contributed by atoms with van der Waals surface area (Å²) in [7, 11) is 1.68. The molecule has 3 unspecified atom stereocenters. The van der Waals surface area contributed by atoms with E-state index in [1.54, 1.807) is 19.5 Å². The lowest BCUT2D eigenvalue weighted by Gasteiger charge is -2.27. The molecule has 0 radical (unpaired) electrons. The molecule has 2 aromatic rings. The first-order chi connectivity index (χ1) is 11.3. The molecule has 1 saturated heterocycles. The second-order valence-corrected chi connectivity index (χ2v) is 6.26. The molecule has 2 bridgehead atoms. The molecule has 0 N–H and O–H groups in total. The van der Waals surface area contributed by atoms with Gasteiger partial charge in [0.25, 0.3) is 0 Å². The molecule has 0 spiro atoms. The summed E-state index contributed by atoms with van der Waals surface area (Å²) >= 11 is 0. The van der Waals surface area contributed by atoms with E-state index in [1.165, 1.54) is 12.8 Å². The van der Waals surface area contributed by atoms with Crippen molar-refractivity contribution in [1.82, 2.24) is 14.9 Å². The highest BCUT2D eigenvalue weighted by molar-refractivity contribution is 5.26. The summed E-state index contributed by atoms with van der Waals surface area (Å²) < 4.78 is 11.6. The molecule has 0 aromatic carbocycles. The fraction of sp³-hybridized carbons (Fsp3) is 0.444. The van der Waals surface area contributed by atoms with Gasteiger partial charge in [-0.05, 0) is 25.0 Å². The highest BCUT2D eigenvalue weighted by atomic mass is 16.5. The van der Waals surface area contributed by atoms with Gasteiger partial charge in [-0.3, -0.25) is 4.90 Å². The van der Waals surface area contributed by atoms with Crippen LogP contribution in [0.1, 0.15) is 18.4 Å². The standard InChI is InChI=1S/C18H21N3O2/c1-22-18-14(5-4-10-20-18)12-21-11-13-7-8-15(21)17(13)23-16-6-2-3-9-19-16/h2-6,9-10,13,15,17H,7-8,11-12H2,1H3. The fourth-order valence-electron chi connectivity index (χ4n) is 3.91. The van der Waals surface area contributed by atoms with Crippen molar-refractivity contribution in [2.24, 2.45) is 5.92 Å². The third-order valence-corrected chi connectivity index (χ3v) is 4.93. The maximum Gasteiger partial charge on any atom is 0.217 e. The van der Waals surface area contributed by atoms with Gasteiger partial charge in [0.05, 0.1) is 7.11 Å². The zero-order valence-electron chi connectivity index (χ0n) is 13.3.